The molecule has 3 N–H and O–H groups in total. The molecule has 0 unspecified atom stereocenters. The van der Waals surface area contributed by atoms with Crippen molar-refractivity contribution >= 4 is 27.3 Å². The third-order valence-corrected chi connectivity index (χ3v) is 7.08. The largest absolute Gasteiger partial charge is 0.494 e. The molecule has 9 nitrogen and oxygen atoms in total. The highest BCUT2D eigenvalue weighted by molar-refractivity contribution is 7.85. The maximum absolute atomic E-state index is 10.8. The molecular weight excluding hydrogens is 514 g/mol. The second-order valence-electron chi connectivity index (χ2n) is 8.74. The lowest BCUT2D eigenvalue weighted by Gasteiger charge is -2.10. The van der Waals surface area contributed by atoms with Crippen molar-refractivity contribution < 1.29 is 27.7 Å². The van der Waals surface area contributed by atoms with Gasteiger partial charge in [-0.1, -0.05) is 13.8 Å². The molecule has 3 aromatic rings. The Kier molecular flexibility index (Phi) is 10.4. The first kappa shape index (κ1) is 28.6. The number of thiazole rings is 1. The minimum absolute atomic E-state index is 0.0719. The third kappa shape index (κ3) is 9.12. The van der Waals surface area contributed by atoms with Crippen LogP contribution in [0, 0.1) is 6.92 Å². The first-order chi connectivity index (χ1) is 17.7. The summed E-state index contributed by atoms with van der Waals surface area (Å²) in [7, 11) is -4.27. The van der Waals surface area contributed by atoms with Gasteiger partial charge in [0.15, 0.2) is 11.7 Å². The van der Waals surface area contributed by atoms with E-state index in [1.807, 2.05) is 24.5 Å². The quantitative estimate of drug-likeness (QED) is 0.0848. The summed E-state index contributed by atoms with van der Waals surface area (Å²) >= 11 is 1.75. The maximum atomic E-state index is 10.8. The Morgan fingerprint density at radius 1 is 1.00 bits per heavy atom. The van der Waals surface area contributed by atoms with E-state index in [0.29, 0.717) is 30.4 Å². The molecule has 0 saturated heterocycles. The van der Waals surface area contributed by atoms with Crippen molar-refractivity contribution in [3.8, 4) is 22.8 Å². The fourth-order valence-corrected chi connectivity index (χ4v) is 4.80. The molecule has 11 heteroatoms. The van der Waals surface area contributed by atoms with Gasteiger partial charge in [-0.15, -0.1) is 11.3 Å². The average molecular weight is 548 g/mol. The Labute approximate surface area is 221 Å². The molecule has 37 heavy (non-hydrogen) atoms. The number of aromatic nitrogens is 1. The van der Waals surface area contributed by atoms with Crippen molar-refractivity contribution in [3.63, 3.8) is 0 Å². The normalized spacial score (nSPS) is 12.1. The fraction of sp³-hybridized carbons (Fsp3) is 0.385. The predicted molar refractivity (Wildman–Crippen MR) is 146 cm³/mol. The van der Waals surface area contributed by atoms with E-state index in [1.165, 1.54) is 4.88 Å². The molecule has 0 bridgehead atoms. The topological polar surface area (TPSA) is 130 Å². The number of hydrogen-bond acceptors (Lipinski definition) is 8. The monoisotopic (exact) mass is 547 g/mol. The zero-order chi connectivity index (χ0) is 26.8. The number of aryl methyl sites for hydroxylation is 1. The summed E-state index contributed by atoms with van der Waals surface area (Å²) in [5, 5.41) is 10.2. The Balaban J connectivity index is 1.36. The van der Waals surface area contributed by atoms with Crippen molar-refractivity contribution in [2.45, 2.75) is 46.0 Å². The minimum Gasteiger partial charge on any atom is -0.494 e. The summed E-state index contributed by atoms with van der Waals surface area (Å²) < 4.78 is 42.0. The van der Waals surface area contributed by atoms with E-state index in [0.717, 1.165) is 41.3 Å². The minimum atomic E-state index is -4.27. The number of benzene rings is 2. The van der Waals surface area contributed by atoms with E-state index in [2.05, 4.69) is 31.0 Å². The Bertz CT molecular complexity index is 1270. The zero-order valence-corrected chi connectivity index (χ0v) is 22.8. The van der Waals surface area contributed by atoms with Gasteiger partial charge in [0, 0.05) is 16.0 Å². The maximum Gasteiger partial charge on any atom is 0.285 e. The molecule has 0 atom stereocenters. The fourth-order valence-electron chi connectivity index (χ4n) is 3.56. The van der Waals surface area contributed by atoms with Gasteiger partial charge in [-0.05, 0) is 80.6 Å². The van der Waals surface area contributed by atoms with Crippen LogP contribution in [0.2, 0.25) is 0 Å². The Morgan fingerprint density at radius 3 is 2.08 bits per heavy atom. The molecule has 1 aromatic heterocycles. The molecule has 0 aliphatic carbocycles. The van der Waals surface area contributed by atoms with Gasteiger partial charge in [0.05, 0.1) is 23.9 Å². The number of nitrogens with one attached hydrogen (secondary N) is 1. The third-order valence-electron chi connectivity index (χ3n) is 5.36. The lowest BCUT2D eigenvalue weighted by atomic mass is 10.1. The van der Waals surface area contributed by atoms with Crippen LogP contribution in [0.5, 0.6) is 11.5 Å². The molecule has 0 spiro atoms. The second kappa shape index (κ2) is 13.5. The van der Waals surface area contributed by atoms with E-state index in [9.17, 15) is 8.42 Å². The standard InChI is InChI=1S/C26H33N3O6S2/c1-18(2)25-24(28-19(3)36-25)20-7-11-22(12-8-20)34-15-5-4-6-16-35-23-13-9-21(10-14-23)26(29-30)27-17-37(31,32)33/h7-14,18,30H,4-6,15-17H2,1-3H3,(H,27,29)(H,31,32,33). The summed E-state index contributed by atoms with van der Waals surface area (Å²) in [6.45, 7) is 7.59. The number of nitrogens with zero attached hydrogens (tertiary/aromatic N) is 2. The molecule has 0 radical (unpaired) electrons. The van der Waals surface area contributed by atoms with Gasteiger partial charge in [0.25, 0.3) is 10.1 Å². The lowest BCUT2D eigenvalue weighted by molar-refractivity contribution is 0.235. The van der Waals surface area contributed by atoms with Crippen LogP contribution >= 0.6 is 11.3 Å². The number of rotatable bonds is 13. The molecular formula is C26H33N3O6S2. The van der Waals surface area contributed by atoms with Gasteiger partial charge >= 0.3 is 0 Å². The molecule has 3 rings (SSSR count). The van der Waals surface area contributed by atoms with E-state index in [-0.39, 0.29) is 5.84 Å². The van der Waals surface area contributed by atoms with Crippen molar-refractivity contribution in [3.05, 3.63) is 64.0 Å². The van der Waals surface area contributed by atoms with Crippen molar-refractivity contribution in [2.24, 2.45) is 4.99 Å². The summed E-state index contributed by atoms with van der Waals surface area (Å²) in [5.74, 6) is 1.00. The van der Waals surface area contributed by atoms with Gasteiger partial charge in [-0.2, -0.15) is 8.42 Å². The molecule has 0 amide bonds. The summed E-state index contributed by atoms with van der Waals surface area (Å²) in [4.78, 5) is 9.64. The second-order valence-corrected chi connectivity index (χ2v) is 11.4. The van der Waals surface area contributed by atoms with Crippen LogP contribution in [0.4, 0.5) is 0 Å². The first-order valence-corrected chi connectivity index (χ1v) is 14.4. The number of ether oxygens (including phenoxy) is 2. The average Bonchev–Trinajstić information content (AvgIpc) is 3.26. The molecule has 0 fully saturated rings. The van der Waals surface area contributed by atoms with Crippen molar-refractivity contribution in [2.75, 3.05) is 19.1 Å². The van der Waals surface area contributed by atoms with Crippen LogP contribution in [0.15, 0.2) is 53.5 Å². The van der Waals surface area contributed by atoms with E-state index in [4.69, 9.17) is 24.2 Å². The van der Waals surface area contributed by atoms with Gasteiger partial charge in [-0.25, -0.2) is 9.98 Å². The SMILES string of the molecule is Cc1nc(-c2ccc(OCCCCCOc3ccc(C(=NCS(=O)(=O)O)NO)cc3)cc2)c(C(C)C)s1. The number of amidine groups is 1. The van der Waals surface area contributed by atoms with Crippen LogP contribution in [0.25, 0.3) is 11.3 Å². The molecule has 2 aromatic carbocycles. The number of hydroxylamine groups is 1. The molecule has 200 valence electrons. The summed E-state index contributed by atoms with van der Waals surface area (Å²) in [5.41, 5.74) is 4.46. The Hall–Kier alpha value is -2.99. The van der Waals surface area contributed by atoms with Crippen LogP contribution < -0.4 is 15.0 Å². The van der Waals surface area contributed by atoms with Crippen molar-refractivity contribution in [1.82, 2.24) is 10.5 Å². The van der Waals surface area contributed by atoms with Crippen LogP contribution in [0.3, 0.4) is 0 Å². The molecule has 1 heterocycles. The smallest absolute Gasteiger partial charge is 0.285 e. The highest BCUT2D eigenvalue weighted by atomic mass is 32.2. The highest BCUT2D eigenvalue weighted by Crippen LogP contribution is 2.34. The van der Waals surface area contributed by atoms with E-state index >= 15 is 0 Å². The molecule has 0 saturated carbocycles. The summed E-state index contributed by atoms with van der Waals surface area (Å²) in [6.07, 6.45) is 2.72. The van der Waals surface area contributed by atoms with Crippen LogP contribution in [-0.2, 0) is 10.1 Å². The van der Waals surface area contributed by atoms with Gasteiger partial charge < -0.3 is 9.47 Å². The van der Waals surface area contributed by atoms with Gasteiger partial charge in [0.2, 0.25) is 0 Å². The summed E-state index contributed by atoms with van der Waals surface area (Å²) in [6, 6.07) is 14.8. The lowest BCUT2D eigenvalue weighted by Crippen LogP contribution is -2.21. The molecule has 0 aliphatic heterocycles. The molecule has 0 aliphatic rings. The Morgan fingerprint density at radius 2 is 1.57 bits per heavy atom. The zero-order valence-electron chi connectivity index (χ0n) is 21.2. The number of hydrogen-bond donors (Lipinski definition) is 3. The van der Waals surface area contributed by atoms with Gasteiger partial charge in [0.1, 0.15) is 11.5 Å². The van der Waals surface area contributed by atoms with Crippen molar-refractivity contribution in [1.29, 1.82) is 0 Å². The van der Waals surface area contributed by atoms with Crippen LogP contribution in [0.1, 0.15) is 54.5 Å². The predicted octanol–water partition coefficient (Wildman–Crippen LogP) is 5.44. The highest BCUT2D eigenvalue weighted by Gasteiger charge is 2.14. The van der Waals surface area contributed by atoms with E-state index in [1.54, 1.807) is 35.6 Å². The van der Waals surface area contributed by atoms with Crippen LogP contribution in [-0.4, -0.2) is 48.1 Å². The van der Waals surface area contributed by atoms with Gasteiger partial charge in [-0.3, -0.25) is 15.2 Å². The first-order valence-electron chi connectivity index (χ1n) is 12.0. The van der Waals surface area contributed by atoms with E-state index < -0.39 is 16.0 Å². The number of aliphatic imine (C=N–C) groups is 1. The number of unbranched alkanes of at least 4 members (excludes halogenated alkanes) is 2.